The molecule has 0 aromatic carbocycles. The van der Waals surface area contributed by atoms with Crippen molar-refractivity contribution in [3.05, 3.63) is 36.4 Å². The van der Waals surface area contributed by atoms with Gasteiger partial charge in [-0.3, -0.25) is 0 Å². The summed E-state index contributed by atoms with van der Waals surface area (Å²) in [5.41, 5.74) is 0. The van der Waals surface area contributed by atoms with E-state index in [2.05, 4.69) is 21.5 Å². The standard InChI is InChI=1S/C10H14N4/c1-3-9-11-5-7-14(9)8-10-12-4-6-13(10)2/h4-7H,3,8H2,1-2H3. The smallest absolute Gasteiger partial charge is 0.128 e. The topological polar surface area (TPSA) is 35.6 Å². The fraction of sp³-hybridized carbons (Fsp3) is 0.400. The van der Waals surface area contributed by atoms with Gasteiger partial charge in [-0.25, -0.2) is 9.97 Å². The van der Waals surface area contributed by atoms with E-state index in [1.165, 1.54) is 0 Å². The highest BCUT2D eigenvalue weighted by Crippen LogP contribution is 2.03. The van der Waals surface area contributed by atoms with Crippen molar-refractivity contribution in [2.24, 2.45) is 7.05 Å². The van der Waals surface area contributed by atoms with Crippen LogP contribution in [0.4, 0.5) is 0 Å². The van der Waals surface area contributed by atoms with Crippen molar-refractivity contribution in [2.75, 3.05) is 0 Å². The average Bonchev–Trinajstić information content (AvgIpc) is 2.77. The minimum atomic E-state index is 0.798. The van der Waals surface area contributed by atoms with Gasteiger partial charge in [0.2, 0.25) is 0 Å². The molecule has 0 aliphatic heterocycles. The zero-order valence-corrected chi connectivity index (χ0v) is 8.51. The zero-order valence-electron chi connectivity index (χ0n) is 8.51. The van der Waals surface area contributed by atoms with E-state index in [-0.39, 0.29) is 0 Å². The average molecular weight is 190 g/mol. The summed E-state index contributed by atoms with van der Waals surface area (Å²) in [6.07, 6.45) is 8.56. The van der Waals surface area contributed by atoms with Gasteiger partial charge in [-0.2, -0.15) is 0 Å². The Kier molecular flexibility index (Phi) is 2.35. The van der Waals surface area contributed by atoms with Crippen molar-refractivity contribution >= 4 is 0 Å². The summed E-state index contributed by atoms with van der Waals surface area (Å²) < 4.78 is 4.15. The number of aryl methyl sites for hydroxylation is 2. The highest BCUT2D eigenvalue weighted by Gasteiger charge is 2.03. The molecule has 0 bridgehead atoms. The van der Waals surface area contributed by atoms with Crippen molar-refractivity contribution in [3.63, 3.8) is 0 Å². The maximum absolute atomic E-state index is 4.28. The highest BCUT2D eigenvalue weighted by atomic mass is 15.1. The molecule has 0 radical (unpaired) electrons. The first kappa shape index (κ1) is 8.99. The molecule has 14 heavy (non-hydrogen) atoms. The summed E-state index contributed by atoms with van der Waals surface area (Å²) in [6, 6.07) is 0. The van der Waals surface area contributed by atoms with Crippen molar-refractivity contribution in [1.29, 1.82) is 0 Å². The molecular formula is C10H14N4. The van der Waals surface area contributed by atoms with Crippen LogP contribution in [-0.4, -0.2) is 19.1 Å². The van der Waals surface area contributed by atoms with Gasteiger partial charge in [0.05, 0.1) is 6.54 Å². The Morgan fingerprint density at radius 1 is 1.14 bits per heavy atom. The molecular weight excluding hydrogens is 176 g/mol. The predicted molar refractivity (Wildman–Crippen MR) is 53.9 cm³/mol. The molecule has 0 saturated heterocycles. The number of hydrogen-bond acceptors (Lipinski definition) is 2. The fourth-order valence-electron chi connectivity index (χ4n) is 1.50. The van der Waals surface area contributed by atoms with Gasteiger partial charge >= 0.3 is 0 Å². The van der Waals surface area contributed by atoms with Crippen LogP contribution in [0.25, 0.3) is 0 Å². The Morgan fingerprint density at radius 3 is 2.50 bits per heavy atom. The Hall–Kier alpha value is -1.58. The van der Waals surface area contributed by atoms with Crippen molar-refractivity contribution in [1.82, 2.24) is 19.1 Å². The van der Waals surface area contributed by atoms with Crippen LogP contribution in [0, 0.1) is 0 Å². The quantitative estimate of drug-likeness (QED) is 0.729. The van der Waals surface area contributed by atoms with E-state index in [0.29, 0.717) is 0 Å². The first-order valence-corrected chi connectivity index (χ1v) is 4.77. The summed E-state index contributed by atoms with van der Waals surface area (Å²) in [4.78, 5) is 8.55. The van der Waals surface area contributed by atoms with Gasteiger partial charge in [0.15, 0.2) is 0 Å². The van der Waals surface area contributed by atoms with Crippen LogP contribution in [-0.2, 0) is 20.0 Å². The van der Waals surface area contributed by atoms with E-state index in [1.807, 2.05) is 36.4 Å². The Bertz CT molecular complexity index is 413. The second kappa shape index (κ2) is 3.65. The van der Waals surface area contributed by atoms with Gasteiger partial charge in [-0.15, -0.1) is 0 Å². The lowest BCUT2D eigenvalue weighted by Gasteiger charge is -2.05. The summed E-state index contributed by atoms with van der Waals surface area (Å²) in [5, 5.41) is 0. The molecule has 0 N–H and O–H groups in total. The third-order valence-corrected chi connectivity index (χ3v) is 2.35. The molecule has 4 nitrogen and oxygen atoms in total. The fourth-order valence-corrected chi connectivity index (χ4v) is 1.50. The highest BCUT2D eigenvalue weighted by molar-refractivity contribution is 4.98. The Labute approximate surface area is 83.2 Å². The Balaban J connectivity index is 2.22. The van der Waals surface area contributed by atoms with E-state index < -0.39 is 0 Å². The van der Waals surface area contributed by atoms with Crippen LogP contribution in [0.3, 0.4) is 0 Å². The molecule has 0 fully saturated rings. The maximum atomic E-state index is 4.28. The van der Waals surface area contributed by atoms with Gasteiger partial charge in [0.1, 0.15) is 11.6 Å². The third kappa shape index (κ3) is 1.55. The lowest BCUT2D eigenvalue weighted by molar-refractivity contribution is 0.667. The number of nitrogens with zero attached hydrogens (tertiary/aromatic N) is 4. The third-order valence-electron chi connectivity index (χ3n) is 2.35. The van der Waals surface area contributed by atoms with Crippen LogP contribution < -0.4 is 0 Å². The molecule has 0 atom stereocenters. The number of imidazole rings is 2. The molecule has 0 amide bonds. The number of aromatic nitrogens is 4. The maximum Gasteiger partial charge on any atom is 0.128 e. The van der Waals surface area contributed by atoms with Crippen LogP contribution in [0.5, 0.6) is 0 Å². The normalized spacial score (nSPS) is 10.7. The van der Waals surface area contributed by atoms with Gasteiger partial charge in [0, 0.05) is 38.3 Å². The van der Waals surface area contributed by atoms with Crippen molar-refractivity contribution in [3.8, 4) is 0 Å². The summed E-state index contributed by atoms with van der Waals surface area (Å²) in [6.45, 7) is 2.91. The van der Waals surface area contributed by atoms with Crippen LogP contribution in [0.1, 0.15) is 18.6 Å². The SMILES string of the molecule is CCc1nccn1Cc1nccn1C. The zero-order chi connectivity index (χ0) is 9.97. The molecule has 0 spiro atoms. The molecule has 0 aliphatic carbocycles. The van der Waals surface area contributed by atoms with E-state index in [1.54, 1.807) is 0 Å². The monoisotopic (exact) mass is 190 g/mol. The lowest BCUT2D eigenvalue weighted by atomic mass is 10.4. The summed E-state index contributed by atoms with van der Waals surface area (Å²) in [5.74, 6) is 2.16. The number of rotatable bonds is 3. The Morgan fingerprint density at radius 2 is 1.86 bits per heavy atom. The second-order valence-electron chi connectivity index (χ2n) is 3.28. The second-order valence-corrected chi connectivity index (χ2v) is 3.28. The predicted octanol–water partition coefficient (Wildman–Crippen LogP) is 1.23. The van der Waals surface area contributed by atoms with E-state index in [9.17, 15) is 0 Å². The molecule has 2 aromatic heterocycles. The summed E-state index contributed by atoms with van der Waals surface area (Å²) in [7, 11) is 2.00. The number of hydrogen-bond donors (Lipinski definition) is 0. The molecule has 0 saturated carbocycles. The van der Waals surface area contributed by atoms with E-state index in [0.717, 1.165) is 24.6 Å². The van der Waals surface area contributed by atoms with Gasteiger partial charge in [-0.1, -0.05) is 6.92 Å². The minimum absolute atomic E-state index is 0.798. The molecule has 74 valence electrons. The van der Waals surface area contributed by atoms with Crippen LogP contribution >= 0.6 is 0 Å². The van der Waals surface area contributed by atoms with Crippen molar-refractivity contribution in [2.45, 2.75) is 19.9 Å². The molecule has 0 aliphatic rings. The van der Waals surface area contributed by atoms with Gasteiger partial charge in [0.25, 0.3) is 0 Å². The van der Waals surface area contributed by atoms with Gasteiger partial charge < -0.3 is 9.13 Å². The largest absolute Gasteiger partial charge is 0.337 e. The minimum Gasteiger partial charge on any atom is -0.337 e. The van der Waals surface area contributed by atoms with Crippen LogP contribution in [0.15, 0.2) is 24.8 Å². The molecule has 2 aromatic rings. The lowest BCUT2D eigenvalue weighted by Crippen LogP contribution is -2.07. The molecule has 2 heterocycles. The summed E-state index contributed by atoms with van der Waals surface area (Å²) >= 11 is 0. The first-order chi connectivity index (χ1) is 6.81. The molecule has 4 heteroatoms. The van der Waals surface area contributed by atoms with Gasteiger partial charge in [-0.05, 0) is 0 Å². The van der Waals surface area contributed by atoms with E-state index in [4.69, 9.17) is 0 Å². The van der Waals surface area contributed by atoms with Crippen molar-refractivity contribution < 1.29 is 0 Å². The van der Waals surface area contributed by atoms with Crippen LogP contribution in [0.2, 0.25) is 0 Å². The first-order valence-electron chi connectivity index (χ1n) is 4.77. The van der Waals surface area contributed by atoms with E-state index >= 15 is 0 Å². The molecule has 0 unspecified atom stereocenters. The molecule has 2 rings (SSSR count).